The topological polar surface area (TPSA) is 115 Å². The van der Waals surface area contributed by atoms with Gasteiger partial charge in [0.05, 0.1) is 33.8 Å². The molecule has 0 aliphatic carbocycles. The highest BCUT2D eigenvalue weighted by molar-refractivity contribution is 5.94. The minimum absolute atomic E-state index is 0.0252. The van der Waals surface area contributed by atoms with Crippen LogP contribution < -0.4 is 20.1 Å². The van der Waals surface area contributed by atoms with Crippen molar-refractivity contribution in [3.05, 3.63) is 40.7 Å². The summed E-state index contributed by atoms with van der Waals surface area (Å²) in [7, 11) is 4.38. The first-order valence-electron chi connectivity index (χ1n) is 8.93. The van der Waals surface area contributed by atoms with E-state index in [9.17, 15) is 9.59 Å². The monoisotopic (exact) mass is 388 g/mol. The quantitative estimate of drug-likeness (QED) is 0.609. The number of H-pyrrole nitrogens is 1. The second-order valence-electron chi connectivity index (χ2n) is 6.38. The maximum atomic E-state index is 12.9. The molecule has 0 radical (unpaired) electrons. The van der Waals surface area contributed by atoms with Crippen LogP contribution in [0.3, 0.4) is 0 Å². The van der Waals surface area contributed by atoms with Gasteiger partial charge in [-0.05, 0) is 17.7 Å². The van der Waals surface area contributed by atoms with Crippen molar-refractivity contribution < 1.29 is 23.8 Å². The zero-order valence-corrected chi connectivity index (χ0v) is 16.1. The molecule has 1 aromatic carbocycles. The van der Waals surface area contributed by atoms with E-state index < -0.39 is 12.0 Å². The molecule has 1 unspecified atom stereocenters. The average molecular weight is 388 g/mol. The van der Waals surface area contributed by atoms with Gasteiger partial charge in [-0.25, -0.2) is 0 Å². The fourth-order valence-electron chi connectivity index (χ4n) is 3.21. The number of benzene rings is 1. The molecular formula is C19H24N4O5. The fourth-order valence-corrected chi connectivity index (χ4v) is 3.21. The van der Waals surface area contributed by atoms with E-state index in [1.165, 1.54) is 14.2 Å². The Hall–Kier alpha value is -3.07. The summed E-state index contributed by atoms with van der Waals surface area (Å²) in [5.74, 6) is 0.267. The Morgan fingerprint density at radius 1 is 1.21 bits per heavy atom. The van der Waals surface area contributed by atoms with Crippen LogP contribution >= 0.6 is 0 Å². The number of aromatic amines is 1. The Bertz CT molecular complexity index is 864. The third-order valence-corrected chi connectivity index (χ3v) is 4.74. The Balaban J connectivity index is 1.87. The maximum Gasteiger partial charge on any atom is 0.307 e. The number of aromatic nitrogens is 2. The van der Waals surface area contributed by atoms with Crippen LogP contribution in [0.25, 0.3) is 0 Å². The summed E-state index contributed by atoms with van der Waals surface area (Å²) in [6.45, 7) is 1.42. The highest BCUT2D eigenvalue weighted by Crippen LogP contribution is 2.31. The number of methoxy groups -OCH3 is 3. The average Bonchev–Trinajstić information content (AvgIpc) is 3.16. The lowest BCUT2D eigenvalue weighted by Crippen LogP contribution is -2.32. The minimum Gasteiger partial charge on any atom is -0.493 e. The molecule has 1 amide bonds. The maximum absolute atomic E-state index is 12.9. The minimum atomic E-state index is -0.608. The number of carbonyl (C=O) groups is 2. The van der Waals surface area contributed by atoms with Gasteiger partial charge in [-0.15, -0.1) is 0 Å². The van der Waals surface area contributed by atoms with Crippen LogP contribution in [0, 0.1) is 0 Å². The zero-order valence-electron chi connectivity index (χ0n) is 16.1. The SMILES string of the molecule is COC(=O)CC(NC(=O)c1n[nH]c2c1CNCC2)c1ccc(OC)c(OC)c1. The third-order valence-electron chi connectivity index (χ3n) is 4.74. The molecule has 9 heteroatoms. The molecule has 3 N–H and O–H groups in total. The van der Waals surface area contributed by atoms with Crippen LogP contribution in [-0.4, -0.2) is 49.9 Å². The van der Waals surface area contributed by atoms with E-state index in [-0.39, 0.29) is 12.3 Å². The summed E-state index contributed by atoms with van der Waals surface area (Å²) >= 11 is 0. The Morgan fingerprint density at radius 2 is 2.00 bits per heavy atom. The molecule has 1 aliphatic heterocycles. The van der Waals surface area contributed by atoms with Gasteiger partial charge >= 0.3 is 5.97 Å². The molecule has 9 nitrogen and oxygen atoms in total. The summed E-state index contributed by atoms with van der Waals surface area (Å²) in [4.78, 5) is 24.8. The van der Waals surface area contributed by atoms with E-state index in [0.29, 0.717) is 29.3 Å². The first kappa shape index (κ1) is 19.7. The van der Waals surface area contributed by atoms with Crippen LogP contribution in [0.1, 0.15) is 39.8 Å². The number of nitrogens with one attached hydrogen (secondary N) is 3. The molecule has 0 fully saturated rings. The van der Waals surface area contributed by atoms with Crippen LogP contribution in [0.15, 0.2) is 18.2 Å². The molecule has 1 aliphatic rings. The second kappa shape index (κ2) is 8.75. The van der Waals surface area contributed by atoms with Gasteiger partial charge in [0, 0.05) is 30.8 Å². The number of esters is 1. The highest BCUT2D eigenvalue weighted by Gasteiger charge is 2.26. The molecule has 0 spiro atoms. The molecule has 0 saturated heterocycles. The first-order chi connectivity index (χ1) is 13.6. The summed E-state index contributed by atoms with van der Waals surface area (Å²) in [5.41, 5.74) is 2.84. The van der Waals surface area contributed by atoms with Gasteiger partial charge in [0.25, 0.3) is 5.91 Å². The van der Waals surface area contributed by atoms with Crippen molar-refractivity contribution in [3.63, 3.8) is 0 Å². The van der Waals surface area contributed by atoms with Crippen molar-refractivity contribution >= 4 is 11.9 Å². The molecule has 0 bridgehead atoms. The number of hydrogen-bond donors (Lipinski definition) is 3. The summed E-state index contributed by atoms with van der Waals surface area (Å²) in [6, 6.07) is 4.62. The van der Waals surface area contributed by atoms with Gasteiger partial charge < -0.3 is 24.8 Å². The molecule has 2 aromatic rings. The fraction of sp³-hybridized carbons (Fsp3) is 0.421. The van der Waals surface area contributed by atoms with Crippen LogP contribution in [0.5, 0.6) is 11.5 Å². The molecule has 3 rings (SSSR count). The normalized spacial score (nSPS) is 14.0. The van der Waals surface area contributed by atoms with E-state index in [2.05, 4.69) is 20.8 Å². The summed E-state index contributed by atoms with van der Waals surface area (Å²) < 4.78 is 15.4. The standard InChI is InChI=1S/C19H24N4O5/c1-26-15-5-4-11(8-16(15)27-2)14(9-17(24)28-3)21-19(25)18-12-10-20-7-6-13(12)22-23-18/h4-5,8,14,20H,6-7,9-10H2,1-3H3,(H,21,25)(H,22,23). The number of hydrogen-bond acceptors (Lipinski definition) is 7. The lowest BCUT2D eigenvalue weighted by molar-refractivity contribution is -0.141. The van der Waals surface area contributed by atoms with Crippen molar-refractivity contribution in [1.29, 1.82) is 0 Å². The van der Waals surface area contributed by atoms with Gasteiger partial charge in [0.2, 0.25) is 0 Å². The third kappa shape index (κ3) is 4.09. The number of rotatable bonds is 7. The van der Waals surface area contributed by atoms with Crippen molar-refractivity contribution in [2.24, 2.45) is 0 Å². The second-order valence-corrected chi connectivity index (χ2v) is 6.38. The van der Waals surface area contributed by atoms with Crippen molar-refractivity contribution in [2.75, 3.05) is 27.9 Å². The van der Waals surface area contributed by atoms with Crippen molar-refractivity contribution in [1.82, 2.24) is 20.8 Å². The van der Waals surface area contributed by atoms with Crippen LogP contribution in [0.2, 0.25) is 0 Å². The Morgan fingerprint density at radius 3 is 2.71 bits per heavy atom. The molecule has 150 valence electrons. The Kier molecular flexibility index (Phi) is 6.15. The van der Waals surface area contributed by atoms with Crippen molar-refractivity contribution in [2.45, 2.75) is 25.4 Å². The summed E-state index contributed by atoms with van der Waals surface area (Å²) in [6.07, 6.45) is 0.763. The highest BCUT2D eigenvalue weighted by atomic mass is 16.5. The van der Waals surface area contributed by atoms with E-state index in [0.717, 1.165) is 24.2 Å². The van der Waals surface area contributed by atoms with Crippen LogP contribution in [0.4, 0.5) is 0 Å². The predicted octanol–water partition coefficient (Wildman–Crippen LogP) is 1.11. The molecule has 28 heavy (non-hydrogen) atoms. The number of ether oxygens (including phenoxy) is 3. The summed E-state index contributed by atoms with van der Waals surface area (Å²) in [5, 5.41) is 13.2. The van der Waals surface area contributed by atoms with Gasteiger partial charge in [-0.3, -0.25) is 14.7 Å². The van der Waals surface area contributed by atoms with Crippen LogP contribution in [-0.2, 0) is 22.5 Å². The number of carbonyl (C=O) groups excluding carboxylic acids is 2. The largest absolute Gasteiger partial charge is 0.493 e. The first-order valence-corrected chi connectivity index (χ1v) is 8.93. The van der Waals surface area contributed by atoms with E-state index in [1.807, 2.05) is 0 Å². The molecule has 0 saturated carbocycles. The molecule has 1 atom stereocenters. The number of amides is 1. The smallest absolute Gasteiger partial charge is 0.307 e. The number of nitrogens with zero attached hydrogens (tertiary/aromatic N) is 1. The van der Waals surface area contributed by atoms with Gasteiger partial charge in [-0.2, -0.15) is 5.10 Å². The molecule has 1 aromatic heterocycles. The van der Waals surface area contributed by atoms with E-state index in [1.54, 1.807) is 25.3 Å². The Labute approximate surface area is 162 Å². The number of fused-ring (bicyclic) bond motifs is 1. The van der Waals surface area contributed by atoms with E-state index >= 15 is 0 Å². The van der Waals surface area contributed by atoms with E-state index in [4.69, 9.17) is 14.2 Å². The lowest BCUT2D eigenvalue weighted by atomic mass is 10.0. The molecule has 2 heterocycles. The lowest BCUT2D eigenvalue weighted by Gasteiger charge is -2.20. The van der Waals surface area contributed by atoms with Gasteiger partial charge in [0.15, 0.2) is 17.2 Å². The molecular weight excluding hydrogens is 364 g/mol. The predicted molar refractivity (Wildman–Crippen MR) is 100 cm³/mol. The van der Waals surface area contributed by atoms with Crippen molar-refractivity contribution in [3.8, 4) is 11.5 Å². The van der Waals surface area contributed by atoms with Gasteiger partial charge in [-0.1, -0.05) is 6.07 Å². The van der Waals surface area contributed by atoms with Gasteiger partial charge in [0.1, 0.15) is 0 Å². The zero-order chi connectivity index (χ0) is 20.1.